The summed E-state index contributed by atoms with van der Waals surface area (Å²) < 4.78 is 18.2. The van der Waals surface area contributed by atoms with Crippen LogP contribution in [0.2, 0.25) is 0 Å². The van der Waals surface area contributed by atoms with E-state index in [2.05, 4.69) is 6.92 Å². The van der Waals surface area contributed by atoms with E-state index in [9.17, 15) is 9.90 Å². The Bertz CT molecular complexity index is 607. The molecule has 0 unspecified atom stereocenters. The lowest BCUT2D eigenvalue weighted by atomic mass is 9.58. The van der Waals surface area contributed by atoms with Crippen molar-refractivity contribution < 1.29 is 33.9 Å². The SMILES string of the molecule is C[C@H]1[C@@H](OC(=O)C(C)(C)CO)O[C@@H]2O[C@@]3(C)CC[C@H]4[C@H](C)CC[C@@H]1[C@@]24OO3. The van der Waals surface area contributed by atoms with Crippen LogP contribution in [0.15, 0.2) is 0 Å². The average molecular weight is 384 g/mol. The van der Waals surface area contributed by atoms with Gasteiger partial charge in [0.15, 0.2) is 11.9 Å². The molecule has 4 aliphatic heterocycles. The van der Waals surface area contributed by atoms with Crippen molar-refractivity contribution in [1.29, 1.82) is 0 Å². The summed E-state index contributed by atoms with van der Waals surface area (Å²) in [5, 5.41) is 9.47. The predicted molar refractivity (Wildman–Crippen MR) is 93.8 cm³/mol. The summed E-state index contributed by atoms with van der Waals surface area (Å²) in [6.45, 7) is 9.20. The standard InChI is InChI=1S/C20H32O7/c1-11-6-7-14-12(2)15(23-16(22)18(3,4)10-21)24-17-20(14)13(11)8-9-19(5,25-17)26-27-20/h11-15,17,21H,6-10H2,1-5H3/t11-,12-,13+,14+,15+,17-,19-,20-/m1/s1. The fourth-order valence-electron chi connectivity index (χ4n) is 5.34. The number of ether oxygens (including phenoxy) is 3. The van der Waals surface area contributed by atoms with E-state index in [0.29, 0.717) is 5.92 Å². The molecule has 0 aromatic rings. The van der Waals surface area contributed by atoms with Gasteiger partial charge >= 0.3 is 5.97 Å². The Hall–Kier alpha value is -0.730. The second-order valence-corrected chi connectivity index (χ2v) is 9.72. The normalized spacial score (nSPS) is 49.3. The number of hydrogen-bond acceptors (Lipinski definition) is 7. The van der Waals surface area contributed by atoms with Crippen molar-refractivity contribution in [3.8, 4) is 0 Å². The van der Waals surface area contributed by atoms with Crippen molar-refractivity contribution in [2.75, 3.05) is 6.61 Å². The third-order valence-corrected chi connectivity index (χ3v) is 7.27. The van der Waals surface area contributed by atoms with Gasteiger partial charge in [-0.1, -0.05) is 13.8 Å². The Kier molecular flexibility index (Phi) is 4.63. The van der Waals surface area contributed by atoms with Crippen LogP contribution >= 0.6 is 0 Å². The van der Waals surface area contributed by atoms with Crippen molar-refractivity contribution in [3.05, 3.63) is 0 Å². The molecule has 0 aromatic heterocycles. The molecule has 0 aromatic carbocycles. The minimum Gasteiger partial charge on any atom is -0.435 e. The van der Waals surface area contributed by atoms with E-state index < -0.39 is 35.4 Å². The minimum absolute atomic E-state index is 0.0654. The zero-order valence-electron chi connectivity index (χ0n) is 16.9. The highest BCUT2D eigenvalue weighted by molar-refractivity contribution is 5.76. The highest BCUT2D eigenvalue weighted by atomic mass is 17.3. The van der Waals surface area contributed by atoms with E-state index in [1.54, 1.807) is 13.8 Å². The van der Waals surface area contributed by atoms with Gasteiger partial charge in [-0.25, -0.2) is 9.78 Å². The van der Waals surface area contributed by atoms with Gasteiger partial charge in [-0.3, -0.25) is 4.79 Å². The van der Waals surface area contributed by atoms with Gasteiger partial charge in [0, 0.05) is 18.3 Å². The van der Waals surface area contributed by atoms with E-state index in [0.717, 1.165) is 25.7 Å². The predicted octanol–water partition coefficient (Wildman–Crippen LogP) is 2.76. The van der Waals surface area contributed by atoms with Crippen LogP contribution in [0, 0.1) is 29.1 Å². The third-order valence-electron chi connectivity index (χ3n) is 7.27. The van der Waals surface area contributed by atoms with Crippen molar-refractivity contribution >= 4 is 5.97 Å². The molecule has 8 atom stereocenters. The van der Waals surface area contributed by atoms with E-state index in [4.69, 9.17) is 24.0 Å². The fraction of sp³-hybridized carbons (Fsp3) is 0.950. The summed E-state index contributed by atoms with van der Waals surface area (Å²) in [6.07, 6.45) is 2.37. The number of carbonyl (C=O) groups is 1. The van der Waals surface area contributed by atoms with Gasteiger partial charge in [-0.2, -0.15) is 0 Å². The first-order chi connectivity index (χ1) is 12.6. The number of hydrogen-bond donors (Lipinski definition) is 1. The minimum atomic E-state index is -0.975. The lowest BCUT2D eigenvalue weighted by Crippen LogP contribution is -2.70. The number of aliphatic hydroxyl groups excluding tert-OH is 1. The van der Waals surface area contributed by atoms with Gasteiger partial charge in [-0.05, 0) is 51.9 Å². The maximum atomic E-state index is 12.5. The molecule has 0 amide bonds. The summed E-state index contributed by atoms with van der Waals surface area (Å²) in [5.74, 6) is -0.518. The number of fused-ring (bicyclic) bond motifs is 2. The van der Waals surface area contributed by atoms with Crippen LogP contribution in [0.1, 0.15) is 60.3 Å². The van der Waals surface area contributed by atoms with Crippen LogP contribution < -0.4 is 0 Å². The topological polar surface area (TPSA) is 83.5 Å². The van der Waals surface area contributed by atoms with Crippen LogP contribution in [0.5, 0.6) is 0 Å². The molecular formula is C20H32O7. The van der Waals surface area contributed by atoms with Crippen molar-refractivity contribution in [2.45, 2.75) is 84.3 Å². The van der Waals surface area contributed by atoms with Gasteiger partial charge in [0.2, 0.25) is 12.1 Å². The Morgan fingerprint density at radius 1 is 1.19 bits per heavy atom. The Balaban J connectivity index is 1.65. The first-order valence-electron chi connectivity index (χ1n) is 10.1. The van der Waals surface area contributed by atoms with E-state index >= 15 is 0 Å². The molecule has 5 fully saturated rings. The van der Waals surface area contributed by atoms with Gasteiger partial charge in [-0.15, -0.1) is 0 Å². The summed E-state index contributed by atoms with van der Waals surface area (Å²) in [5.41, 5.74) is -1.64. The highest BCUT2D eigenvalue weighted by Gasteiger charge is 2.69. The number of esters is 1. The van der Waals surface area contributed by atoms with Gasteiger partial charge in [0.05, 0.1) is 12.0 Å². The Labute approximate surface area is 160 Å². The quantitative estimate of drug-likeness (QED) is 0.592. The van der Waals surface area contributed by atoms with Crippen LogP contribution in [0.4, 0.5) is 0 Å². The summed E-state index contributed by atoms with van der Waals surface area (Å²) >= 11 is 0. The molecule has 1 spiro atoms. The second-order valence-electron chi connectivity index (χ2n) is 9.72. The molecule has 1 aliphatic carbocycles. The van der Waals surface area contributed by atoms with Crippen molar-refractivity contribution in [3.63, 3.8) is 0 Å². The number of aliphatic hydroxyl groups is 1. The Morgan fingerprint density at radius 2 is 1.93 bits per heavy atom. The van der Waals surface area contributed by atoms with Gasteiger partial charge in [0.25, 0.3) is 0 Å². The van der Waals surface area contributed by atoms with E-state index in [-0.39, 0.29) is 24.4 Å². The molecular weight excluding hydrogens is 352 g/mol. The van der Waals surface area contributed by atoms with Crippen molar-refractivity contribution in [2.24, 2.45) is 29.1 Å². The fourth-order valence-corrected chi connectivity index (χ4v) is 5.34. The largest absolute Gasteiger partial charge is 0.435 e. The molecule has 0 radical (unpaired) electrons. The van der Waals surface area contributed by atoms with Crippen LogP contribution in [0.25, 0.3) is 0 Å². The molecule has 2 bridgehead atoms. The molecule has 7 heteroatoms. The van der Waals surface area contributed by atoms with Crippen LogP contribution in [0.3, 0.4) is 0 Å². The second kappa shape index (κ2) is 6.39. The molecule has 5 aliphatic rings. The molecule has 27 heavy (non-hydrogen) atoms. The molecule has 1 N–H and O–H groups in total. The highest BCUT2D eigenvalue weighted by Crippen LogP contribution is 2.60. The van der Waals surface area contributed by atoms with Gasteiger partial charge in [0.1, 0.15) is 0 Å². The first-order valence-corrected chi connectivity index (χ1v) is 10.1. The van der Waals surface area contributed by atoms with Crippen LogP contribution in [-0.4, -0.2) is 41.7 Å². The summed E-state index contributed by atoms with van der Waals surface area (Å²) in [6, 6.07) is 0. The Morgan fingerprint density at radius 3 is 2.63 bits per heavy atom. The average Bonchev–Trinajstić information content (AvgIpc) is 2.85. The molecule has 4 heterocycles. The maximum Gasteiger partial charge on any atom is 0.316 e. The summed E-state index contributed by atoms with van der Waals surface area (Å²) in [4.78, 5) is 24.4. The van der Waals surface area contributed by atoms with Crippen LogP contribution in [-0.2, 0) is 28.8 Å². The molecule has 5 rings (SSSR count). The zero-order valence-corrected chi connectivity index (χ0v) is 16.9. The maximum absolute atomic E-state index is 12.5. The van der Waals surface area contributed by atoms with E-state index in [1.165, 1.54) is 0 Å². The first kappa shape index (κ1) is 19.6. The molecule has 4 saturated heterocycles. The number of rotatable bonds is 3. The molecule has 154 valence electrons. The van der Waals surface area contributed by atoms with Gasteiger partial charge < -0.3 is 19.3 Å². The third kappa shape index (κ3) is 2.85. The smallest absolute Gasteiger partial charge is 0.316 e. The molecule has 7 nitrogen and oxygen atoms in total. The summed E-state index contributed by atoms with van der Waals surface area (Å²) in [7, 11) is 0. The lowest BCUT2D eigenvalue weighted by molar-refractivity contribution is -0.576. The van der Waals surface area contributed by atoms with E-state index in [1.807, 2.05) is 13.8 Å². The molecule has 1 saturated carbocycles. The number of carbonyl (C=O) groups excluding carboxylic acids is 1. The monoisotopic (exact) mass is 384 g/mol. The lowest BCUT2D eigenvalue weighted by Gasteiger charge is -2.60. The van der Waals surface area contributed by atoms with Crippen molar-refractivity contribution in [1.82, 2.24) is 0 Å². The zero-order chi connectivity index (χ0) is 19.6.